The van der Waals surface area contributed by atoms with Gasteiger partial charge in [-0.15, -0.1) is 0 Å². The molecule has 22 heavy (non-hydrogen) atoms. The van der Waals surface area contributed by atoms with Gasteiger partial charge in [-0.2, -0.15) is 5.10 Å². The number of aryl methyl sites for hydroxylation is 1. The van der Waals surface area contributed by atoms with Crippen LogP contribution in [0.4, 0.5) is 5.69 Å². The molecule has 1 heterocycles. The van der Waals surface area contributed by atoms with Crippen molar-refractivity contribution in [2.45, 2.75) is 51.6 Å². The average molecular weight is 306 g/mol. The summed E-state index contributed by atoms with van der Waals surface area (Å²) in [6.45, 7) is 2.46. The molecule has 2 bridgehead atoms. The van der Waals surface area contributed by atoms with Gasteiger partial charge in [-0.1, -0.05) is 6.42 Å². The number of amides is 1. The summed E-state index contributed by atoms with van der Waals surface area (Å²) in [4.78, 5) is 22.1. The topological polar surface area (TPSA) is 90.1 Å². The molecule has 1 N–H and O–H groups in total. The van der Waals surface area contributed by atoms with E-state index >= 15 is 0 Å². The van der Waals surface area contributed by atoms with Crippen molar-refractivity contribution >= 4 is 11.6 Å². The fourth-order valence-corrected chi connectivity index (χ4v) is 4.12. The second-order valence-corrected chi connectivity index (χ2v) is 6.66. The van der Waals surface area contributed by atoms with Gasteiger partial charge < -0.3 is 5.32 Å². The summed E-state index contributed by atoms with van der Waals surface area (Å²) in [6.07, 6.45) is 8.11. The zero-order valence-corrected chi connectivity index (χ0v) is 12.8. The normalized spacial score (nSPS) is 27.8. The molecule has 1 aromatic heterocycles. The number of hydrogen-bond donors (Lipinski definition) is 1. The van der Waals surface area contributed by atoms with Gasteiger partial charge in [0.15, 0.2) is 0 Å². The first-order valence-electron chi connectivity index (χ1n) is 7.99. The van der Waals surface area contributed by atoms with Crippen molar-refractivity contribution in [1.82, 2.24) is 15.1 Å². The Bertz CT molecular complexity index is 571. The third kappa shape index (κ3) is 3.13. The lowest BCUT2D eigenvalue weighted by Gasteiger charge is -2.28. The highest BCUT2D eigenvalue weighted by Crippen LogP contribution is 2.49. The highest BCUT2D eigenvalue weighted by atomic mass is 16.6. The van der Waals surface area contributed by atoms with Gasteiger partial charge in [0.1, 0.15) is 12.4 Å². The molecule has 1 amide bonds. The van der Waals surface area contributed by atoms with Crippen molar-refractivity contribution in [3.8, 4) is 0 Å². The molecule has 120 valence electrons. The zero-order valence-electron chi connectivity index (χ0n) is 12.8. The molecule has 2 fully saturated rings. The Morgan fingerprint density at radius 1 is 1.55 bits per heavy atom. The van der Waals surface area contributed by atoms with Gasteiger partial charge in [-0.25, -0.2) is 0 Å². The van der Waals surface area contributed by atoms with Crippen LogP contribution in [0.25, 0.3) is 0 Å². The molecule has 2 aliphatic carbocycles. The van der Waals surface area contributed by atoms with Crippen molar-refractivity contribution in [1.29, 1.82) is 0 Å². The Kier molecular flexibility index (Phi) is 4.13. The molecule has 7 heteroatoms. The minimum atomic E-state index is -0.485. The minimum Gasteiger partial charge on any atom is -0.353 e. The smallest absolute Gasteiger partial charge is 0.306 e. The summed E-state index contributed by atoms with van der Waals surface area (Å²) in [6, 6.07) is 0.217. The molecule has 7 nitrogen and oxygen atoms in total. The van der Waals surface area contributed by atoms with Crippen LogP contribution in [0, 0.1) is 27.9 Å². The number of carbonyl (C=O) groups is 1. The standard InChI is InChI=1S/C15H22N4O3/c1-10(14-7-11-2-3-12(14)6-11)17-15(20)4-5-18-9-13(8-16-18)19(21)22/h8-12,14H,2-7H2,1H3,(H,17,20)/t10-,11-,12-,14-/m1/s1. The number of nitro groups is 1. The van der Waals surface area contributed by atoms with E-state index in [4.69, 9.17) is 0 Å². The van der Waals surface area contributed by atoms with E-state index < -0.39 is 4.92 Å². The van der Waals surface area contributed by atoms with Crippen LogP contribution in [0.1, 0.15) is 39.0 Å². The molecule has 0 aromatic carbocycles. The van der Waals surface area contributed by atoms with Gasteiger partial charge in [0.25, 0.3) is 0 Å². The van der Waals surface area contributed by atoms with E-state index in [9.17, 15) is 14.9 Å². The first-order valence-corrected chi connectivity index (χ1v) is 7.99. The molecule has 0 unspecified atom stereocenters. The molecule has 0 radical (unpaired) electrons. The van der Waals surface area contributed by atoms with Gasteiger partial charge in [-0.05, 0) is 43.9 Å². The highest BCUT2D eigenvalue weighted by Gasteiger charge is 2.42. The number of nitrogens with zero attached hydrogens (tertiary/aromatic N) is 3. The summed E-state index contributed by atoms with van der Waals surface area (Å²) in [5.41, 5.74) is -0.0456. The molecule has 2 saturated carbocycles. The zero-order chi connectivity index (χ0) is 15.7. The predicted molar refractivity (Wildman–Crippen MR) is 80.0 cm³/mol. The SMILES string of the molecule is C[C@@H](NC(=O)CCn1cc([N+](=O)[O-])cn1)[C@H]1C[C@@H]2CC[C@@H]1C2. The van der Waals surface area contributed by atoms with Crippen LogP contribution in [-0.2, 0) is 11.3 Å². The number of nitrogens with one attached hydrogen (secondary N) is 1. The van der Waals surface area contributed by atoms with Crippen molar-refractivity contribution < 1.29 is 9.72 Å². The molecule has 4 atom stereocenters. The lowest BCUT2D eigenvalue weighted by atomic mass is 9.84. The quantitative estimate of drug-likeness (QED) is 0.644. The summed E-state index contributed by atoms with van der Waals surface area (Å²) in [5, 5.41) is 17.6. The number of rotatable bonds is 6. The highest BCUT2D eigenvalue weighted by molar-refractivity contribution is 5.76. The molecular formula is C15H22N4O3. The number of carbonyl (C=O) groups excluding carboxylic acids is 1. The van der Waals surface area contributed by atoms with E-state index in [1.807, 2.05) is 0 Å². The van der Waals surface area contributed by atoms with Crippen LogP contribution in [0.3, 0.4) is 0 Å². The van der Waals surface area contributed by atoms with Crippen molar-refractivity contribution in [2.75, 3.05) is 0 Å². The molecule has 0 spiro atoms. The van der Waals surface area contributed by atoms with Crippen LogP contribution < -0.4 is 5.32 Å². The average Bonchev–Trinajstić information content (AvgIpc) is 3.20. The predicted octanol–water partition coefficient (Wildman–Crippen LogP) is 2.12. The van der Waals surface area contributed by atoms with Crippen LogP contribution in [0.15, 0.2) is 12.4 Å². The van der Waals surface area contributed by atoms with Crippen molar-refractivity contribution in [3.63, 3.8) is 0 Å². The summed E-state index contributed by atoms with van der Waals surface area (Å²) in [7, 11) is 0. The van der Waals surface area contributed by atoms with Gasteiger partial charge >= 0.3 is 5.69 Å². The van der Waals surface area contributed by atoms with Gasteiger partial charge in [0.2, 0.25) is 5.91 Å². The van der Waals surface area contributed by atoms with Crippen LogP contribution in [-0.4, -0.2) is 26.7 Å². The van der Waals surface area contributed by atoms with Crippen LogP contribution in [0.2, 0.25) is 0 Å². The molecule has 0 saturated heterocycles. The lowest BCUT2D eigenvalue weighted by Crippen LogP contribution is -2.40. The molecular weight excluding hydrogens is 284 g/mol. The summed E-state index contributed by atoms with van der Waals surface area (Å²) >= 11 is 0. The fourth-order valence-electron chi connectivity index (χ4n) is 4.12. The van der Waals surface area contributed by atoms with E-state index in [0.29, 0.717) is 18.9 Å². The van der Waals surface area contributed by atoms with Crippen LogP contribution in [0.5, 0.6) is 0 Å². The summed E-state index contributed by atoms with van der Waals surface area (Å²) < 4.78 is 1.44. The fraction of sp³-hybridized carbons (Fsp3) is 0.733. The largest absolute Gasteiger partial charge is 0.353 e. The van der Waals surface area contributed by atoms with Gasteiger partial charge in [0, 0.05) is 19.0 Å². The van der Waals surface area contributed by atoms with Crippen LogP contribution >= 0.6 is 0 Å². The third-order valence-corrected chi connectivity index (χ3v) is 5.22. The number of aromatic nitrogens is 2. The van der Waals surface area contributed by atoms with Crippen molar-refractivity contribution in [2.24, 2.45) is 17.8 Å². The first kappa shape index (κ1) is 15.0. The number of fused-ring (bicyclic) bond motifs is 2. The maximum absolute atomic E-state index is 12.0. The van der Waals surface area contributed by atoms with Gasteiger partial charge in [0.05, 0.1) is 4.92 Å². The third-order valence-electron chi connectivity index (χ3n) is 5.22. The lowest BCUT2D eigenvalue weighted by molar-refractivity contribution is -0.385. The summed E-state index contributed by atoms with van der Waals surface area (Å²) in [5.74, 6) is 2.27. The maximum Gasteiger partial charge on any atom is 0.306 e. The second kappa shape index (κ2) is 6.06. The second-order valence-electron chi connectivity index (χ2n) is 6.66. The molecule has 2 aliphatic rings. The monoisotopic (exact) mass is 306 g/mol. The maximum atomic E-state index is 12.0. The Balaban J connectivity index is 1.45. The van der Waals surface area contributed by atoms with Crippen molar-refractivity contribution in [3.05, 3.63) is 22.5 Å². The molecule has 0 aliphatic heterocycles. The van der Waals surface area contributed by atoms with Gasteiger partial charge in [-0.3, -0.25) is 19.6 Å². The Hall–Kier alpha value is -1.92. The Labute approximate surface area is 129 Å². The Morgan fingerprint density at radius 2 is 2.36 bits per heavy atom. The molecule has 1 aromatic rings. The van der Waals surface area contributed by atoms with E-state index in [1.54, 1.807) is 0 Å². The van der Waals surface area contributed by atoms with E-state index in [0.717, 1.165) is 11.8 Å². The Morgan fingerprint density at radius 3 is 2.95 bits per heavy atom. The number of hydrogen-bond acceptors (Lipinski definition) is 4. The van der Waals surface area contributed by atoms with E-state index in [2.05, 4.69) is 17.3 Å². The first-order chi connectivity index (χ1) is 10.5. The minimum absolute atomic E-state index is 0.00609. The molecule has 3 rings (SSSR count). The van der Waals surface area contributed by atoms with E-state index in [-0.39, 0.29) is 17.6 Å². The van der Waals surface area contributed by atoms with E-state index in [1.165, 1.54) is 42.8 Å².